The van der Waals surface area contributed by atoms with Crippen molar-refractivity contribution in [2.24, 2.45) is 5.92 Å². The molecular formula is C14H28N2O3. The molecule has 0 aliphatic carbocycles. The van der Waals surface area contributed by atoms with Crippen LogP contribution in [0.25, 0.3) is 0 Å². The fourth-order valence-corrected chi connectivity index (χ4v) is 1.71. The monoisotopic (exact) mass is 272 g/mol. The fourth-order valence-electron chi connectivity index (χ4n) is 1.71. The van der Waals surface area contributed by atoms with Gasteiger partial charge in [0.25, 0.3) is 0 Å². The predicted octanol–water partition coefficient (Wildman–Crippen LogP) is 2.76. The lowest BCUT2D eigenvalue weighted by Crippen LogP contribution is -2.43. The van der Waals surface area contributed by atoms with Gasteiger partial charge in [0.15, 0.2) is 0 Å². The van der Waals surface area contributed by atoms with Crippen molar-refractivity contribution >= 4 is 12.0 Å². The highest BCUT2D eigenvalue weighted by Gasteiger charge is 2.12. The predicted molar refractivity (Wildman–Crippen MR) is 76.2 cm³/mol. The highest BCUT2D eigenvalue weighted by molar-refractivity contribution is 5.74. The van der Waals surface area contributed by atoms with Crippen molar-refractivity contribution in [2.45, 2.75) is 65.3 Å². The number of rotatable bonds is 10. The van der Waals surface area contributed by atoms with Gasteiger partial charge in [0, 0.05) is 19.0 Å². The molecule has 0 fully saturated rings. The standard InChI is InChI=1S/C14H28N2O3/c1-4-11(2)12(3)16-14(19)15-10-8-6-5-7-9-13(17)18/h11-12H,4-10H2,1-3H3,(H,17,18)(H2,15,16,19). The fraction of sp³-hybridized carbons (Fsp3) is 0.857. The third kappa shape index (κ3) is 10.4. The highest BCUT2D eigenvalue weighted by atomic mass is 16.4. The number of hydrogen-bond acceptors (Lipinski definition) is 2. The Hall–Kier alpha value is -1.26. The zero-order chi connectivity index (χ0) is 14.7. The topological polar surface area (TPSA) is 78.4 Å². The summed E-state index contributed by atoms with van der Waals surface area (Å²) < 4.78 is 0. The van der Waals surface area contributed by atoms with Crippen molar-refractivity contribution in [1.82, 2.24) is 10.6 Å². The Balaban J connectivity index is 3.46. The molecule has 19 heavy (non-hydrogen) atoms. The molecule has 0 saturated carbocycles. The van der Waals surface area contributed by atoms with Gasteiger partial charge in [-0.25, -0.2) is 4.79 Å². The molecule has 0 bridgehead atoms. The maximum absolute atomic E-state index is 11.6. The maximum atomic E-state index is 11.6. The van der Waals surface area contributed by atoms with Crippen molar-refractivity contribution < 1.29 is 14.7 Å². The highest BCUT2D eigenvalue weighted by Crippen LogP contribution is 2.06. The molecule has 0 rings (SSSR count). The average molecular weight is 272 g/mol. The van der Waals surface area contributed by atoms with Crippen molar-refractivity contribution in [2.75, 3.05) is 6.54 Å². The van der Waals surface area contributed by atoms with Gasteiger partial charge in [0.1, 0.15) is 0 Å². The molecule has 0 aromatic carbocycles. The summed E-state index contributed by atoms with van der Waals surface area (Å²) in [6.45, 7) is 6.89. The van der Waals surface area contributed by atoms with E-state index in [4.69, 9.17) is 5.11 Å². The molecule has 3 N–H and O–H groups in total. The van der Waals surface area contributed by atoms with Crippen molar-refractivity contribution in [3.63, 3.8) is 0 Å². The van der Waals surface area contributed by atoms with Crippen LogP contribution in [0.3, 0.4) is 0 Å². The Labute approximate surface area is 116 Å². The Bertz CT molecular complexity index is 269. The zero-order valence-electron chi connectivity index (χ0n) is 12.4. The third-order valence-corrected chi connectivity index (χ3v) is 3.46. The van der Waals surface area contributed by atoms with Crippen LogP contribution in [0.1, 0.15) is 59.3 Å². The lowest BCUT2D eigenvalue weighted by Gasteiger charge is -2.20. The third-order valence-electron chi connectivity index (χ3n) is 3.46. The Morgan fingerprint density at radius 1 is 1.11 bits per heavy atom. The minimum atomic E-state index is -0.739. The SMILES string of the molecule is CCC(C)C(C)NC(=O)NCCCCCCC(=O)O. The molecule has 0 heterocycles. The van der Waals surface area contributed by atoms with Gasteiger partial charge in [0.05, 0.1) is 0 Å². The molecule has 0 spiro atoms. The first-order chi connectivity index (χ1) is 8.97. The molecule has 0 aliphatic heterocycles. The molecule has 112 valence electrons. The summed E-state index contributed by atoms with van der Waals surface area (Å²) >= 11 is 0. The smallest absolute Gasteiger partial charge is 0.315 e. The number of aliphatic carboxylic acids is 1. The number of hydrogen-bond donors (Lipinski definition) is 3. The van der Waals surface area contributed by atoms with Gasteiger partial charge in [-0.15, -0.1) is 0 Å². The quantitative estimate of drug-likeness (QED) is 0.535. The second-order valence-corrected chi connectivity index (χ2v) is 5.13. The normalized spacial score (nSPS) is 13.6. The van der Waals surface area contributed by atoms with Gasteiger partial charge < -0.3 is 15.7 Å². The summed E-state index contributed by atoms with van der Waals surface area (Å²) in [6, 6.07) is 0.0684. The van der Waals surface area contributed by atoms with Crippen LogP contribution in [0.15, 0.2) is 0 Å². The van der Waals surface area contributed by atoms with Crippen LogP contribution in [-0.2, 0) is 4.79 Å². The molecule has 0 aromatic rings. The molecule has 5 nitrogen and oxygen atoms in total. The van der Waals surface area contributed by atoms with Crippen LogP contribution in [0, 0.1) is 5.92 Å². The number of carboxylic acids is 1. The molecule has 2 amide bonds. The second kappa shape index (κ2) is 10.6. The van der Waals surface area contributed by atoms with E-state index in [0.29, 0.717) is 18.9 Å². The van der Waals surface area contributed by atoms with Gasteiger partial charge in [-0.05, 0) is 25.7 Å². The zero-order valence-corrected chi connectivity index (χ0v) is 12.4. The van der Waals surface area contributed by atoms with E-state index >= 15 is 0 Å². The number of urea groups is 1. The van der Waals surface area contributed by atoms with Crippen LogP contribution in [-0.4, -0.2) is 29.7 Å². The van der Waals surface area contributed by atoms with Crippen LogP contribution in [0.2, 0.25) is 0 Å². The van der Waals surface area contributed by atoms with Crippen LogP contribution in [0.4, 0.5) is 4.79 Å². The van der Waals surface area contributed by atoms with E-state index < -0.39 is 5.97 Å². The first-order valence-corrected chi connectivity index (χ1v) is 7.23. The Kier molecular flexibility index (Phi) is 9.94. The minimum Gasteiger partial charge on any atom is -0.481 e. The lowest BCUT2D eigenvalue weighted by atomic mass is 10.0. The van der Waals surface area contributed by atoms with Gasteiger partial charge in [0.2, 0.25) is 0 Å². The first-order valence-electron chi connectivity index (χ1n) is 7.23. The van der Waals surface area contributed by atoms with E-state index in [1.54, 1.807) is 0 Å². The number of nitrogens with one attached hydrogen (secondary N) is 2. The largest absolute Gasteiger partial charge is 0.481 e. The minimum absolute atomic E-state index is 0.113. The number of unbranched alkanes of at least 4 members (excludes halogenated alkanes) is 3. The lowest BCUT2D eigenvalue weighted by molar-refractivity contribution is -0.137. The Morgan fingerprint density at radius 2 is 1.74 bits per heavy atom. The summed E-state index contributed by atoms with van der Waals surface area (Å²) in [7, 11) is 0. The van der Waals surface area contributed by atoms with Crippen molar-refractivity contribution in [3.8, 4) is 0 Å². The van der Waals surface area contributed by atoms with E-state index in [1.807, 2.05) is 6.92 Å². The van der Waals surface area contributed by atoms with E-state index in [9.17, 15) is 9.59 Å². The van der Waals surface area contributed by atoms with E-state index in [0.717, 1.165) is 25.7 Å². The summed E-state index contributed by atoms with van der Waals surface area (Å²) in [4.78, 5) is 21.8. The average Bonchev–Trinajstić information content (AvgIpc) is 2.36. The number of carbonyl (C=O) groups excluding carboxylic acids is 1. The first kappa shape index (κ1) is 17.7. The summed E-state index contributed by atoms with van der Waals surface area (Å²) in [5.41, 5.74) is 0. The van der Waals surface area contributed by atoms with Gasteiger partial charge >= 0.3 is 12.0 Å². The van der Waals surface area contributed by atoms with Crippen molar-refractivity contribution in [1.29, 1.82) is 0 Å². The van der Waals surface area contributed by atoms with Crippen molar-refractivity contribution in [3.05, 3.63) is 0 Å². The van der Waals surface area contributed by atoms with Gasteiger partial charge in [-0.3, -0.25) is 4.79 Å². The van der Waals surface area contributed by atoms with E-state index in [-0.39, 0.29) is 18.5 Å². The van der Waals surface area contributed by atoms with Gasteiger partial charge in [-0.2, -0.15) is 0 Å². The second-order valence-electron chi connectivity index (χ2n) is 5.13. The van der Waals surface area contributed by atoms with Crippen LogP contribution in [0.5, 0.6) is 0 Å². The van der Waals surface area contributed by atoms with Gasteiger partial charge in [-0.1, -0.05) is 33.1 Å². The Morgan fingerprint density at radius 3 is 2.32 bits per heavy atom. The molecule has 0 radical (unpaired) electrons. The van der Waals surface area contributed by atoms with Crippen LogP contribution >= 0.6 is 0 Å². The summed E-state index contributed by atoms with van der Waals surface area (Å²) in [5, 5.41) is 14.2. The summed E-state index contributed by atoms with van der Waals surface area (Å²) in [5.74, 6) is -0.265. The molecule has 2 atom stereocenters. The molecule has 0 saturated heterocycles. The number of carboxylic acid groups (broad SMARTS) is 1. The molecule has 0 aromatic heterocycles. The van der Waals surface area contributed by atoms with E-state index in [1.165, 1.54) is 0 Å². The molecule has 0 aliphatic rings. The molecule has 2 unspecified atom stereocenters. The van der Waals surface area contributed by atoms with Crippen LogP contribution < -0.4 is 10.6 Å². The van der Waals surface area contributed by atoms with E-state index in [2.05, 4.69) is 24.5 Å². The summed E-state index contributed by atoms with van der Waals surface area (Å²) in [6.07, 6.45) is 4.75. The maximum Gasteiger partial charge on any atom is 0.315 e. The molecular weight excluding hydrogens is 244 g/mol. The molecule has 5 heteroatoms. The number of amides is 2. The number of carbonyl (C=O) groups is 2.